The van der Waals surface area contributed by atoms with Crippen LogP contribution in [0.15, 0.2) is 66.8 Å². The van der Waals surface area contributed by atoms with Crippen molar-refractivity contribution in [2.45, 2.75) is 32.5 Å². The molecule has 1 aliphatic carbocycles. The number of rotatable bonds is 4. The lowest BCUT2D eigenvalue weighted by molar-refractivity contribution is -0.137. The Morgan fingerprint density at radius 1 is 1.06 bits per heavy atom. The molecule has 0 saturated carbocycles. The molecule has 11 heteroatoms. The van der Waals surface area contributed by atoms with Gasteiger partial charge in [-0.3, -0.25) is 9.13 Å². The zero-order valence-electron chi connectivity index (χ0n) is 18.8. The molecule has 1 atom stereocenters. The Morgan fingerprint density at radius 3 is 2.49 bits per heavy atom. The molecule has 4 heterocycles. The Morgan fingerprint density at radius 2 is 1.83 bits per heavy atom. The molecule has 0 amide bonds. The van der Waals surface area contributed by atoms with Crippen molar-refractivity contribution >= 4 is 5.82 Å². The maximum atomic E-state index is 13.0. The Kier molecular flexibility index (Phi) is 4.63. The number of halogens is 3. The fourth-order valence-electron chi connectivity index (χ4n) is 4.46. The van der Waals surface area contributed by atoms with E-state index >= 15 is 0 Å². The van der Waals surface area contributed by atoms with E-state index in [1.165, 1.54) is 12.1 Å². The highest BCUT2D eigenvalue weighted by Gasteiger charge is 2.37. The van der Waals surface area contributed by atoms with Gasteiger partial charge in [-0.15, -0.1) is 10.2 Å². The maximum Gasteiger partial charge on any atom is 0.416 e. The number of imidazole rings is 1. The van der Waals surface area contributed by atoms with Crippen LogP contribution in [0.5, 0.6) is 0 Å². The maximum absolute atomic E-state index is 13.0. The van der Waals surface area contributed by atoms with Gasteiger partial charge >= 0.3 is 6.18 Å². The van der Waals surface area contributed by atoms with Crippen molar-refractivity contribution in [3.05, 3.63) is 84.0 Å². The van der Waals surface area contributed by atoms with Gasteiger partial charge in [0.05, 0.1) is 17.8 Å². The molecule has 4 aromatic rings. The number of benzene rings is 1. The van der Waals surface area contributed by atoms with Crippen LogP contribution in [0.3, 0.4) is 0 Å². The van der Waals surface area contributed by atoms with E-state index in [2.05, 4.69) is 32.0 Å². The van der Waals surface area contributed by atoms with E-state index in [1.54, 1.807) is 23.2 Å². The number of hydrogen-bond donors (Lipinski definition) is 0. The first-order valence-electron chi connectivity index (χ1n) is 11.0. The van der Waals surface area contributed by atoms with Crippen LogP contribution in [0, 0.1) is 6.92 Å². The molecule has 0 radical (unpaired) electrons. The molecule has 2 aliphatic rings. The van der Waals surface area contributed by atoms with Gasteiger partial charge in [-0.25, -0.2) is 9.97 Å². The highest BCUT2D eigenvalue weighted by Crippen LogP contribution is 2.42. The molecule has 1 aromatic carbocycles. The van der Waals surface area contributed by atoms with Crippen molar-refractivity contribution in [2.24, 2.45) is 0 Å². The van der Waals surface area contributed by atoms with Crippen molar-refractivity contribution < 1.29 is 13.2 Å². The van der Waals surface area contributed by atoms with Crippen molar-refractivity contribution in [3.63, 3.8) is 0 Å². The van der Waals surface area contributed by atoms with Gasteiger partial charge < -0.3 is 4.90 Å². The van der Waals surface area contributed by atoms with E-state index < -0.39 is 11.7 Å². The second-order valence-electron chi connectivity index (χ2n) is 8.26. The molecule has 0 fully saturated rings. The lowest BCUT2D eigenvalue weighted by Gasteiger charge is -2.38. The number of anilines is 1. The SMILES string of the molecule is CC[C@@H]1c2nnc(C)n2-c2cnc(-n3ccnc3-c3ccc(C(F)(F)F)cc3)nc2N1C1=CC=C1. The molecular formula is C24H19F3N8. The van der Waals surface area contributed by atoms with Crippen molar-refractivity contribution in [3.8, 4) is 23.0 Å². The Bertz CT molecular complexity index is 1490. The third kappa shape index (κ3) is 3.26. The minimum atomic E-state index is -4.40. The Balaban J connectivity index is 1.48. The number of alkyl halides is 3. The molecular weight excluding hydrogens is 457 g/mol. The highest BCUT2D eigenvalue weighted by molar-refractivity contribution is 5.69. The van der Waals surface area contributed by atoms with Gasteiger partial charge in [0.15, 0.2) is 11.6 Å². The number of nitrogens with zero attached hydrogens (tertiary/aromatic N) is 8. The Hall–Kier alpha value is -4.28. The van der Waals surface area contributed by atoms with Crippen LogP contribution in [0.2, 0.25) is 0 Å². The van der Waals surface area contributed by atoms with Gasteiger partial charge in [0.2, 0.25) is 5.95 Å². The average Bonchev–Trinajstić information content (AvgIpc) is 3.45. The largest absolute Gasteiger partial charge is 0.416 e. The third-order valence-corrected chi connectivity index (χ3v) is 6.19. The normalized spacial score (nSPS) is 16.5. The van der Waals surface area contributed by atoms with E-state index in [-0.39, 0.29) is 6.04 Å². The summed E-state index contributed by atoms with van der Waals surface area (Å²) < 4.78 is 42.7. The number of allylic oxidation sites excluding steroid dienone is 3. The van der Waals surface area contributed by atoms with Crippen LogP contribution in [-0.4, -0.2) is 34.3 Å². The molecule has 176 valence electrons. The highest BCUT2D eigenvalue weighted by atomic mass is 19.4. The molecule has 0 N–H and O–H groups in total. The number of aromatic nitrogens is 7. The van der Waals surface area contributed by atoms with Crippen LogP contribution < -0.4 is 4.90 Å². The first-order chi connectivity index (χ1) is 16.9. The van der Waals surface area contributed by atoms with Crippen LogP contribution in [0.25, 0.3) is 23.0 Å². The van der Waals surface area contributed by atoms with E-state index in [4.69, 9.17) is 4.98 Å². The van der Waals surface area contributed by atoms with E-state index in [0.717, 1.165) is 41.6 Å². The average molecular weight is 476 g/mol. The topological polar surface area (TPSA) is 77.5 Å². The number of hydrogen-bond acceptors (Lipinski definition) is 6. The predicted octanol–water partition coefficient (Wildman–Crippen LogP) is 4.96. The summed E-state index contributed by atoms with van der Waals surface area (Å²) in [5.74, 6) is 3.05. The lowest BCUT2D eigenvalue weighted by Crippen LogP contribution is -2.36. The van der Waals surface area contributed by atoms with E-state index in [9.17, 15) is 13.2 Å². The van der Waals surface area contributed by atoms with Gasteiger partial charge in [0.25, 0.3) is 0 Å². The lowest BCUT2D eigenvalue weighted by atomic mass is 10.0. The summed E-state index contributed by atoms with van der Waals surface area (Å²) in [6.07, 6.45) is 7.35. The van der Waals surface area contributed by atoms with Gasteiger partial charge in [0, 0.05) is 23.7 Å². The van der Waals surface area contributed by atoms with Gasteiger partial charge in [-0.2, -0.15) is 18.2 Å². The summed E-state index contributed by atoms with van der Waals surface area (Å²) in [7, 11) is 0. The molecule has 0 saturated heterocycles. The monoisotopic (exact) mass is 476 g/mol. The summed E-state index contributed by atoms with van der Waals surface area (Å²) in [5.41, 5.74) is 1.57. The van der Waals surface area contributed by atoms with Crippen molar-refractivity contribution in [2.75, 3.05) is 4.90 Å². The van der Waals surface area contributed by atoms with Crippen LogP contribution in [0.4, 0.5) is 19.0 Å². The zero-order chi connectivity index (χ0) is 24.3. The predicted molar refractivity (Wildman–Crippen MR) is 122 cm³/mol. The molecule has 1 aliphatic heterocycles. The van der Waals surface area contributed by atoms with Crippen LogP contribution in [0.1, 0.15) is 36.6 Å². The summed E-state index contributed by atoms with van der Waals surface area (Å²) in [6, 6.07) is 4.81. The Labute approximate surface area is 198 Å². The minimum Gasteiger partial charge on any atom is -0.314 e. The second kappa shape index (κ2) is 7.62. The van der Waals surface area contributed by atoms with E-state index in [0.29, 0.717) is 23.2 Å². The fraction of sp³-hybridized carbons (Fsp3) is 0.208. The summed E-state index contributed by atoms with van der Waals surface area (Å²) in [6.45, 7) is 3.97. The first-order valence-corrected chi connectivity index (χ1v) is 11.0. The molecule has 0 spiro atoms. The summed E-state index contributed by atoms with van der Waals surface area (Å²) in [4.78, 5) is 16.0. The van der Waals surface area contributed by atoms with Crippen molar-refractivity contribution in [1.82, 2.24) is 34.3 Å². The van der Waals surface area contributed by atoms with E-state index in [1.807, 2.05) is 29.7 Å². The zero-order valence-corrected chi connectivity index (χ0v) is 18.8. The smallest absolute Gasteiger partial charge is 0.314 e. The third-order valence-electron chi connectivity index (χ3n) is 6.19. The molecule has 8 nitrogen and oxygen atoms in total. The number of aryl methyl sites for hydroxylation is 1. The van der Waals surface area contributed by atoms with Crippen LogP contribution >= 0.6 is 0 Å². The van der Waals surface area contributed by atoms with Crippen molar-refractivity contribution in [1.29, 1.82) is 0 Å². The second-order valence-corrected chi connectivity index (χ2v) is 8.26. The molecule has 35 heavy (non-hydrogen) atoms. The molecule has 0 unspecified atom stereocenters. The fourth-order valence-corrected chi connectivity index (χ4v) is 4.46. The standard InChI is InChI=1S/C24H19F3N8/c1-3-18-22-32-31-14(2)34(22)19-13-29-23(30-21(19)35(18)17-5-4-6-17)33-12-11-28-20(33)15-7-9-16(10-8-15)24(25,26)27/h4-13,18H,3H2,1-2H3/t18-/m1/s1. The molecule has 6 rings (SSSR count). The van der Waals surface area contributed by atoms with Gasteiger partial charge in [-0.1, -0.05) is 25.1 Å². The molecule has 3 aromatic heterocycles. The van der Waals surface area contributed by atoms with Gasteiger partial charge in [-0.05, 0) is 37.6 Å². The van der Waals surface area contributed by atoms with Gasteiger partial charge in [0.1, 0.15) is 17.3 Å². The minimum absolute atomic E-state index is 0.0696. The summed E-state index contributed by atoms with van der Waals surface area (Å²) >= 11 is 0. The first kappa shape index (κ1) is 21.3. The molecule has 0 bridgehead atoms. The quantitative estimate of drug-likeness (QED) is 0.414. The number of fused-ring (bicyclic) bond motifs is 3. The van der Waals surface area contributed by atoms with Crippen LogP contribution in [-0.2, 0) is 6.18 Å². The summed E-state index contributed by atoms with van der Waals surface area (Å²) in [5, 5.41) is 8.70.